The van der Waals surface area contributed by atoms with Crippen LogP contribution in [-0.4, -0.2) is 4.98 Å². The van der Waals surface area contributed by atoms with Crippen LogP contribution in [0.15, 0.2) is 30.5 Å². The maximum atomic E-state index is 4.93. The Balaban J connectivity index is 0. The Labute approximate surface area is 100 Å². The zero-order valence-electron chi connectivity index (χ0n) is 8.73. The van der Waals surface area contributed by atoms with Crippen molar-refractivity contribution < 1.29 is 19.5 Å². The van der Waals surface area contributed by atoms with Crippen LogP contribution in [0.2, 0.25) is 0 Å². The first-order chi connectivity index (χ1) is 6.35. The zero-order valence-corrected chi connectivity index (χ0v) is 10.5. The van der Waals surface area contributed by atoms with E-state index < -0.39 is 0 Å². The minimum Gasteiger partial charge on any atom is -0.484 e. The van der Waals surface area contributed by atoms with Gasteiger partial charge < -0.3 is 4.98 Å². The molecule has 1 rings (SSSR count). The summed E-state index contributed by atoms with van der Waals surface area (Å²) in [5.74, 6) is 0. The van der Waals surface area contributed by atoms with Crippen LogP contribution in [0.3, 0.4) is 0 Å². The topological polar surface area (TPSA) is 15.8 Å². The average Bonchev–Trinajstić information content (AvgIpc) is 2.60. The maximum absolute atomic E-state index is 4.93. The molecule has 0 bridgehead atoms. The van der Waals surface area contributed by atoms with E-state index in [9.17, 15) is 0 Å². The number of nitrogens with one attached hydrogen (secondary N) is 1. The number of rotatable bonds is 3. The minimum atomic E-state index is 0. The Hall–Kier alpha value is -0.617. The number of aryl methyl sites for hydroxylation is 1. The number of allylic oxidation sites excluding steroid dienone is 3. The molecule has 0 saturated carbocycles. The van der Waals surface area contributed by atoms with Gasteiger partial charge in [-0.05, 0) is 0 Å². The maximum Gasteiger partial charge on any atom is 2.00 e. The van der Waals surface area contributed by atoms with Crippen molar-refractivity contribution in [3.8, 4) is 0 Å². The predicted octanol–water partition coefficient (Wildman–Crippen LogP) is 3.32. The van der Waals surface area contributed by atoms with E-state index >= 15 is 0 Å². The van der Waals surface area contributed by atoms with Crippen LogP contribution < -0.4 is 0 Å². The average molecular weight is 276 g/mol. The van der Waals surface area contributed by atoms with Crippen molar-refractivity contribution in [1.82, 2.24) is 4.98 Å². The van der Waals surface area contributed by atoms with E-state index in [1.165, 1.54) is 18.1 Å². The minimum absolute atomic E-state index is 0. The van der Waals surface area contributed by atoms with E-state index in [0.29, 0.717) is 0 Å². The summed E-state index contributed by atoms with van der Waals surface area (Å²) in [5, 5.41) is 0. The molecule has 0 aliphatic carbocycles. The second kappa shape index (κ2) is 12.4. The van der Waals surface area contributed by atoms with Crippen molar-refractivity contribution in [3.63, 3.8) is 0 Å². The molecular formula is C12H17NRu. The quantitative estimate of drug-likeness (QED) is 0.495. The van der Waals surface area contributed by atoms with Gasteiger partial charge in [0.15, 0.2) is 0 Å². The molecule has 0 spiro atoms. The third-order valence-corrected chi connectivity index (χ3v) is 1.42. The van der Waals surface area contributed by atoms with Crippen LogP contribution in [0, 0.1) is 12.8 Å². The molecule has 78 valence electrons. The molecule has 0 saturated heterocycles. The van der Waals surface area contributed by atoms with Crippen molar-refractivity contribution in [2.24, 2.45) is 0 Å². The summed E-state index contributed by atoms with van der Waals surface area (Å²) in [6, 6.07) is 2.06. The molecule has 14 heavy (non-hydrogen) atoms. The molecule has 0 radical (unpaired) electrons. The standard InChI is InChI=1S/C7H10N.C5H7.Ru/c1-2-3-7-4-5-8-6-7;1-3-5-4-2;/h4-5,8H,2-3H2,1H3;1,3-5H,2H3;/q2*-1;+2. The van der Waals surface area contributed by atoms with E-state index in [4.69, 9.17) is 6.58 Å². The second-order valence-electron chi connectivity index (χ2n) is 2.60. The number of aromatic amines is 1. The van der Waals surface area contributed by atoms with Gasteiger partial charge in [0.25, 0.3) is 0 Å². The van der Waals surface area contributed by atoms with Gasteiger partial charge in [-0.1, -0.05) is 26.7 Å². The Kier molecular flexibility index (Phi) is 14.0. The van der Waals surface area contributed by atoms with E-state index in [1.807, 2.05) is 19.2 Å². The molecule has 1 N–H and O–H groups in total. The van der Waals surface area contributed by atoms with Crippen LogP contribution in [0.25, 0.3) is 0 Å². The van der Waals surface area contributed by atoms with Crippen molar-refractivity contribution >= 4 is 0 Å². The van der Waals surface area contributed by atoms with Gasteiger partial charge in [-0.15, -0.1) is 6.20 Å². The number of hydrogen-bond acceptors (Lipinski definition) is 0. The Bertz CT molecular complexity index is 224. The van der Waals surface area contributed by atoms with Gasteiger partial charge in [-0.2, -0.15) is 23.9 Å². The molecular weight excluding hydrogens is 259 g/mol. The summed E-state index contributed by atoms with van der Waals surface area (Å²) in [7, 11) is 0. The molecule has 0 fully saturated rings. The van der Waals surface area contributed by atoms with Crippen molar-refractivity contribution in [2.75, 3.05) is 0 Å². The third-order valence-electron chi connectivity index (χ3n) is 1.42. The third kappa shape index (κ3) is 9.47. The van der Waals surface area contributed by atoms with Gasteiger partial charge in [0.05, 0.1) is 0 Å². The Morgan fingerprint density at radius 2 is 2.29 bits per heavy atom. The number of aromatic nitrogens is 1. The monoisotopic (exact) mass is 277 g/mol. The fourth-order valence-corrected chi connectivity index (χ4v) is 0.845. The van der Waals surface area contributed by atoms with Gasteiger partial charge in [-0.3, -0.25) is 6.58 Å². The molecule has 1 nitrogen and oxygen atoms in total. The molecule has 2 heteroatoms. The molecule has 1 aromatic heterocycles. The fourth-order valence-electron chi connectivity index (χ4n) is 0.845. The molecule has 1 aromatic rings. The van der Waals surface area contributed by atoms with Gasteiger partial charge in [0.1, 0.15) is 0 Å². The molecule has 0 aliphatic heterocycles. The Morgan fingerprint density at radius 1 is 1.57 bits per heavy atom. The summed E-state index contributed by atoms with van der Waals surface area (Å²) in [6.45, 7) is 9.01. The van der Waals surface area contributed by atoms with Crippen molar-refractivity contribution in [2.45, 2.75) is 26.7 Å². The van der Waals surface area contributed by atoms with Crippen LogP contribution >= 0.6 is 0 Å². The fraction of sp³-hybridized carbons (Fsp3) is 0.333. The van der Waals surface area contributed by atoms with Gasteiger partial charge >= 0.3 is 19.5 Å². The largest absolute Gasteiger partial charge is 2.00 e. The summed E-state index contributed by atoms with van der Waals surface area (Å²) in [5.41, 5.74) is 1.28. The molecule has 0 atom stereocenters. The van der Waals surface area contributed by atoms with Gasteiger partial charge in [-0.25, -0.2) is 12.2 Å². The SMILES string of the molecule is CCCc1[c-][nH]cc1.[CH-]=CC=CC.[Ru+2]. The van der Waals surface area contributed by atoms with Crippen LogP contribution in [0.1, 0.15) is 25.8 Å². The molecule has 0 unspecified atom stereocenters. The van der Waals surface area contributed by atoms with Crippen molar-refractivity contribution in [1.29, 1.82) is 0 Å². The summed E-state index contributed by atoms with van der Waals surface area (Å²) in [4.78, 5) is 2.89. The first-order valence-electron chi connectivity index (χ1n) is 4.55. The van der Waals surface area contributed by atoms with Crippen LogP contribution in [0.4, 0.5) is 0 Å². The smallest absolute Gasteiger partial charge is 0.484 e. The van der Waals surface area contributed by atoms with Crippen LogP contribution in [-0.2, 0) is 25.9 Å². The second-order valence-corrected chi connectivity index (χ2v) is 2.60. The predicted molar refractivity (Wildman–Crippen MR) is 57.3 cm³/mol. The van der Waals surface area contributed by atoms with Gasteiger partial charge in [0.2, 0.25) is 0 Å². The van der Waals surface area contributed by atoms with E-state index in [1.54, 1.807) is 6.08 Å². The first kappa shape index (κ1) is 15.8. The van der Waals surface area contributed by atoms with Crippen LogP contribution in [0.5, 0.6) is 0 Å². The molecule has 1 heterocycles. The Morgan fingerprint density at radius 3 is 2.57 bits per heavy atom. The molecule has 0 aromatic carbocycles. The summed E-state index contributed by atoms with van der Waals surface area (Å²) < 4.78 is 0. The first-order valence-corrected chi connectivity index (χ1v) is 4.55. The number of hydrogen-bond donors (Lipinski definition) is 1. The summed E-state index contributed by atoms with van der Waals surface area (Å²) in [6.07, 6.45) is 12.4. The van der Waals surface area contributed by atoms with Gasteiger partial charge in [0, 0.05) is 0 Å². The van der Waals surface area contributed by atoms with E-state index in [-0.39, 0.29) is 19.5 Å². The van der Waals surface area contributed by atoms with E-state index in [2.05, 4.69) is 24.2 Å². The van der Waals surface area contributed by atoms with E-state index in [0.717, 1.165) is 6.42 Å². The molecule has 0 amide bonds. The zero-order chi connectivity index (χ0) is 9.94. The van der Waals surface area contributed by atoms with Crippen molar-refractivity contribution in [3.05, 3.63) is 48.8 Å². The normalized spacial score (nSPS) is 8.71. The summed E-state index contributed by atoms with van der Waals surface area (Å²) >= 11 is 0. The number of H-pyrrole nitrogens is 1. The molecule has 0 aliphatic rings.